The number of quaternary nitrogens is 1. The van der Waals surface area contributed by atoms with E-state index in [-0.39, 0.29) is 18.3 Å². The molecule has 0 aliphatic carbocycles. The van der Waals surface area contributed by atoms with Gasteiger partial charge in [0.1, 0.15) is 6.04 Å². The second-order valence-electron chi connectivity index (χ2n) is 5.63. The van der Waals surface area contributed by atoms with Crippen LogP contribution in [0, 0.1) is 17.5 Å². The van der Waals surface area contributed by atoms with Gasteiger partial charge in [-0.05, 0) is 30.5 Å². The van der Waals surface area contributed by atoms with Crippen LogP contribution in [-0.2, 0) is 11.2 Å². The summed E-state index contributed by atoms with van der Waals surface area (Å²) < 4.78 is 39.7. The Balaban J connectivity index is 1.68. The van der Waals surface area contributed by atoms with Crippen molar-refractivity contribution in [2.24, 2.45) is 0 Å². The van der Waals surface area contributed by atoms with Crippen LogP contribution in [0.25, 0.3) is 0 Å². The normalized spacial score (nSPS) is 20.2. The van der Waals surface area contributed by atoms with Gasteiger partial charge in [0, 0.05) is 16.9 Å². The summed E-state index contributed by atoms with van der Waals surface area (Å²) in [7, 11) is 0. The number of nitrogens with one attached hydrogen (secondary N) is 2. The average molecular weight is 341 g/mol. The SMILES string of the molecule is C[C@H]1c2ccsc2CC[NH+]1CC(=O)Nc1ccc(F)c(F)c1F. The van der Waals surface area contributed by atoms with Gasteiger partial charge in [-0.1, -0.05) is 0 Å². The van der Waals surface area contributed by atoms with E-state index in [4.69, 9.17) is 0 Å². The molecule has 2 heterocycles. The van der Waals surface area contributed by atoms with Crippen LogP contribution >= 0.6 is 11.3 Å². The first-order chi connectivity index (χ1) is 11.0. The predicted octanol–water partition coefficient (Wildman–Crippen LogP) is 2.31. The van der Waals surface area contributed by atoms with Crippen LogP contribution in [0.1, 0.15) is 23.4 Å². The minimum Gasteiger partial charge on any atom is -0.321 e. The number of thiophene rings is 1. The number of anilines is 1. The third-order valence-corrected chi connectivity index (χ3v) is 5.23. The maximum atomic E-state index is 13.6. The monoisotopic (exact) mass is 341 g/mol. The Morgan fingerprint density at radius 2 is 2.09 bits per heavy atom. The Morgan fingerprint density at radius 1 is 1.30 bits per heavy atom. The van der Waals surface area contributed by atoms with Crippen molar-refractivity contribution < 1.29 is 22.9 Å². The Bertz CT molecular complexity index is 747. The molecule has 1 aromatic carbocycles. The number of carbonyl (C=O) groups excluding carboxylic acids is 1. The van der Waals surface area contributed by atoms with E-state index in [0.717, 1.165) is 30.0 Å². The summed E-state index contributed by atoms with van der Waals surface area (Å²) in [5.41, 5.74) is 0.900. The van der Waals surface area contributed by atoms with Crippen molar-refractivity contribution in [3.05, 3.63) is 51.5 Å². The maximum absolute atomic E-state index is 13.6. The number of halogens is 3. The standard InChI is InChI=1S/C16H15F3N2OS/c1-9-10-5-7-23-13(10)4-6-21(9)8-14(22)20-12-3-2-11(17)15(18)16(12)19/h2-3,5,7,9H,4,6,8H2,1H3,(H,20,22)/p+1/t9-/m0/s1. The van der Waals surface area contributed by atoms with Gasteiger partial charge in [-0.25, -0.2) is 13.2 Å². The van der Waals surface area contributed by atoms with Crippen molar-refractivity contribution in [3.63, 3.8) is 0 Å². The molecule has 3 rings (SSSR count). The van der Waals surface area contributed by atoms with Crippen molar-refractivity contribution in [3.8, 4) is 0 Å². The van der Waals surface area contributed by atoms with Crippen LogP contribution in [0.3, 0.4) is 0 Å². The quantitative estimate of drug-likeness (QED) is 0.826. The van der Waals surface area contributed by atoms with Crippen LogP contribution in [0.2, 0.25) is 0 Å². The van der Waals surface area contributed by atoms with Crippen molar-refractivity contribution in [1.29, 1.82) is 0 Å². The van der Waals surface area contributed by atoms with Crippen molar-refractivity contribution in [2.75, 3.05) is 18.4 Å². The summed E-state index contributed by atoms with van der Waals surface area (Å²) >= 11 is 1.72. The summed E-state index contributed by atoms with van der Waals surface area (Å²) in [5.74, 6) is -4.65. The number of rotatable bonds is 3. The number of benzene rings is 1. The fraction of sp³-hybridized carbons (Fsp3) is 0.312. The summed E-state index contributed by atoms with van der Waals surface area (Å²) in [6, 6.07) is 4.06. The van der Waals surface area contributed by atoms with Gasteiger partial charge in [0.2, 0.25) is 0 Å². The van der Waals surface area contributed by atoms with E-state index in [0.29, 0.717) is 0 Å². The van der Waals surface area contributed by atoms with Crippen LogP contribution in [0.15, 0.2) is 23.6 Å². The van der Waals surface area contributed by atoms with E-state index in [9.17, 15) is 18.0 Å². The van der Waals surface area contributed by atoms with Crippen LogP contribution in [-0.4, -0.2) is 19.0 Å². The minimum absolute atomic E-state index is 0.148. The summed E-state index contributed by atoms with van der Waals surface area (Å²) in [6.07, 6.45) is 0.902. The Labute approximate surface area is 135 Å². The zero-order chi connectivity index (χ0) is 16.6. The Hall–Kier alpha value is -1.86. The molecule has 2 N–H and O–H groups in total. The fourth-order valence-corrected chi connectivity index (χ4v) is 3.89. The lowest BCUT2D eigenvalue weighted by atomic mass is 10.0. The minimum atomic E-state index is -1.58. The largest absolute Gasteiger partial charge is 0.321 e. The van der Waals surface area contributed by atoms with E-state index in [1.54, 1.807) is 11.3 Å². The molecule has 0 saturated carbocycles. The molecule has 2 aromatic rings. The Kier molecular flexibility index (Phi) is 4.41. The van der Waals surface area contributed by atoms with Gasteiger partial charge >= 0.3 is 0 Å². The van der Waals surface area contributed by atoms with Crippen molar-refractivity contribution >= 4 is 22.9 Å². The fourth-order valence-electron chi connectivity index (χ4n) is 2.91. The van der Waals surface area contributed by atoms with Crippen LogP contribution < -0.4 is 10.2 Å². The molecule has 1 aliphatic rings. The van der Waals surface area contributed by atoms with Gasteiger partial charge in [0.15, 0.2) is 24.0 Å². The predicted molar refractivity (Wildman–Crippen MR) is 82.1 cm³/mol. The van der Waals surface area contributed by atoms with Crippen LogP contribution in [0.5, 0.6) is 0 Å². The highest BCUT2D eigenvalue weighted by atomic mass is 32.1. The molecule has 7 heteroatoms. The number of carbonyl (C=O) groups is 1. The van der Waals surface area contributed by atoms with E-state index < -0.39 is 23.4 Å². The molecule has 23 heavy (non-hydrogen) atoms. The lowest BCUT2D eigenvalue weighted by Gasteiger charge is -2.29. The molecular weight excluding hydrogens is 325 g/mol. The molecule has 1 aliphatic heterocycles. The van der Waals surface area contributed by atoms with Gasteiger partial charge in [0.05, 0.1) is 12.2 Å². The van der Waals surface area contributed by atoms with Crippen LogP contribution in [0.4, 0.5) is 18.9 Å². The highest BCUT2D eigenvalue weighted by Crippen LogP contribution is 2.24. The number of hydrogen-bond acceptors (Lipinski definition) is 2. The van der Waals surface area contributed by atoms with Crippen molar-refractivity contribution in [1.82, 2.24) is 0 Å². The third kappa shape index (κ3) is 3.11. The molecule has 0 radical (unpaired) electrons. The molecule has 1 unspecified atom stereocenters. The maximum Gasteiger partial charge on any atom is 0.279 e. The van der Waals surface area contributed by atoms with Crippen molar-refractivity contribution in [2.45, 2.75) is 19.4 Å². The second kappa shape index (κ2) is 6.33. The molecule has 0 fully saturated rings. The number of fused-ring (bicyclic) bond motifs is 1. The number of hydrogen-bond donors (Lipinski definition) is 2. The molecule has 0 saturated heterocycles. The highest BCUT2D eigenvalue weighted by molar-refractivity contribution is 7.10. The lowest BCUT2D eigenvalue weighted by molar-refractivity contribution is -0.923. The van der Waals surface area contributed by atoms with Gasteiger partial charge in [-0.3, -0.25) is 4.79 Å². The van der Waals surface area contributed by atoms with Gasteiger partial charge in [-0.2, -0.15) is 0 Å². The second-order valence-corrected chi connectivity index (χ2v) is 6.63. The average Bonchev–Trinajstić information content (AvgIpc) is 3.00. The van der Waals surface area contributed by atoms with E-state index >= 15 is 0 Å². The summed E-state index contributed by atoms with van der Waals surface area (Å²) in [6.45, 7) is 3.00. The third-order valence-electron chi connectivity index (χ3n) is 4.23. The highest BCUT2D eigenvalue weighted by Gasteiger charge is 2.30. The summed E-state index contributed by atoms with van der Waals surface area (Å²) in [4.78, 5) is 14.5. The molecule has 1 aromatic heterocycles. The van der Waals surface area contributed by atoms with E-state index in [2.05, 4.69) is 11.4 Å². The topological polar surface area (TPSA) is 33.5 Å². The summed E-state index contributed by atoms with van der Waals surface area (Å²) in [5, 5.41) is 4.37. The Morgan fingerprint density at radius 3 is 2.87 bits per heavy atom. The first-order valence-electron chi connectivity index (χ1n) is 7.31. The zero-order valence-electron chi connectivity index (χ0n) is 12.5. The van der Waals surface area contributed by atoms with Gasteiger partial charge in [0.25, 0.3) is 5.91 Å². The molecular formula is C16H16F3N2OS+. The number of amides is 1. The molecule has 3 nitrogen and oxygen atoms in total. The van der Waals surface area contributed by atoms with Gasteiger partial charge in [-0.15, -0.1) is 11.3 Å². The molecule has 0 bridgehead atoms. The molecule has 0 spiro atoms. The lowest BCUT2D eigenvalue weighted by Crippen LogP contribution is -3.14. The molecule has 2 atom stereocenters. The smallest absolute Gasteiger partial charge is 0.279 e. The first-order valence-corrected chi connectivity index (χ1v) is 8.19. The van der Waals surface area contributed by atoms with Gasteiger partial charge < -0.3 is 10.2 Å². The van der Waals surface area contributed by atoms with E-state index in [1.807, 2.05) is 12.3 Å². The first kappa shape index (κ1) is 16.0. The molecule has 122 valence electrons. The van der Waals surface area contributed by atoms with E-state index in [1.165, 1.54) is 10.4 Å². The zero-order valence-corrected chi connectivity index (χ0v) is 13.3. The molecule has 1 amide bonds.